The van der Waals surface area contributed by atoms with Crippen LogP contribution in [0.25, 0.3) is 10.9 Å². The van der Waals surface area contributed by atoms with E-state index in [1.165, 1.54) is 4.90 Å². The third-order valence-electron chi connectivity index (χ3n) is 5.69. The maximum absolute atomic E-state index is 13.3. The Morgan fingerprint density at radius 1 is 1.21 bits per heavy atom. The summed E-state index contributed by atoms with van der Waals surface area (Å²) in [6, 6.07) is 7.22. The molecule has 2 amide bonds. The summed E-state index contributed by atoms with van der Waals surface area (Å²) < 4.78 is 1.70. The SMILES string of the molecule is CN/C=C\C=C(/C)C(=O)n1c2c(c3ccccc31)CC1C(=O)N(C)CC(=O)N1C2. The molecule has 2 aliphatic heterocycles. The first-order valence-electron chi connectivity index (χ1n) is 9.65. The number of hydrogen-bond donors (Lipinski definition) is 1. The first-order chi connectivity index (χ1) is 13.9. The van der Waals surface area contributed by atoms with Crippen molar-refractivity contribution in [2.75, 3.05) is 20.6 Å². The molecule has 4 rings (SSSR count). The summed E-state index contributed by atoms with van der Waals surface area (Å²) in [7, 11) is 3.45. The topological polar surface area (TPSA) is 74.6 Å². The van der Waals surface area contributed by atoms with E-state index in [9.17, 15) is 14.4 Å². The highest BCUT2D eigenvalue weighted by molar-refractivity contribution is 6.04. The van der Waals surface area contributed by atoms with Gasteiger partial charge in [0.25, 0.3) is 5.91 Å². The van der Waals surface area contributed by atoms with Gasteiger partial charge in [0, 0.05) is 37.2 Å². The molecule has 0 bridgehead atoms. The molecule has 1 fully saturated rings. The first-order valence-corrected chi connectivity index (χ1v) is 9.65. The lowest BCUT2D eigenvalue weighted by molar-refractivity contribution is -0.155. The van der Waals surface area contributed by atoms with Crippen LogP contribution in [0.5, 0.6) is 0 Å². The molecule has 1 N–H and O–H groups in total. The zero-order valence-electron chi connectivity index (χ0n) is 16.8. The molecular formula is C22H24N4O3. The van der Waals surface area contributed by atoms with Gasteiger partial charge in [-0.25, -0.2) is 0 Å². The maximum Gasteiger partial charge on any atom is 0.258 e. The summed E-state index contributed by atoms with van der Waals surface area (Å²) >= 11 is 0. The van der Waals surface area contributed by atoms with E-state index in [4.69, 9.17) is 0 Å². The summed E-state index contributed by atoms with van der Waals surface area (Å²) in [6.07, 6.45) is 5.72. The van der Waals surface area contributed by atoms with Crippen molar-refractivity contribution in [2.45, 2.75) is 25.9 Å². The van der Waals surface area contributed by atoms with Crippen LogP contribution >= 0.6 is 0 Å². The second-order valence-corrected chi connectivity index (χ2v) is 7.52. The number of aromatic nitrogens is 1. The Hall–Kier alpha value is -3.35. The van der Waals surface area contributed by atoms with Gasteiger partial charge >= 0.3 is 0 Å². The van der Waals surface area contributed by atoms with Gasteiger partial charge in [0.2, 0.25) is 11.8 Å². The van der Waals surface area contributed by atoms with Gasteiger partial charge < -0.3 is 15.1 Å². The fraction of sp³-hybridized carbons (Fsp3) is 0.318. The zero-order chi connectivity index (χ0) is 20.7. The van der Waals surface area contributed by atoms with E-state index in [-0.39, 0.29) is 30.8 Å². The fourth-order valence-electron chi connectivity index (χ4n) is 4.21. The molecule has 0 spiro atoms. The summed E-state index contributed by atoms with van der Waals surface area (Å²) in [5.41, 5.74) is 3.16. The molecule has 1 aromatic heterocycles. The second-order valence-electron chi connectivity index (χ2n) is 7.52. The Bertz CT molecular complexity index is 1080. The molecule has 2 aliphatic rings. The van der Waals surface area contributed by atoms with Gasteiger partial charge in [0.1, 0.15) is 6.04 Å². The highest BCUT2D eigenvalue weighted by atomic mass is 16.2. The monoisotopic (exact) mass is 392 g/mol. The van der Waals surface area contributed by atoms with Crippen LogP contribution < -0.4 is 5.32 Å². The molecule has 1 atom stereocenters. The maximum atomic E-state index is 13.3. The van der Waals surface area contributed by atoms with Crippen LogP contribution in [-0.2, 0) is 22.6 Å². The first kappa shape index (κ1) is 19.0. The van der Waals surface area contributed by atoms with Crippen molar-refractivity contribution < 1.29 is 14.4 Å². The van der Waals surface area contributed by atoms with Gasteiger partial charge in [0.15, 0.2) is 0 Å². The highest BCUT2D eigenvalue weighted by Gasteiger charge is 2.43. The largest absolute Gasteiger partial charge is 0.394 e. The lowest BCUT2D eigenvalue weighted by Gasteiger charge is -2.41. The van der Waals surface area contributed by atoms with E-state index in [1.54, 1.807) is 48.8 Å². The predicted molar refractivity (Wildman–Crippen MR) is 110 cm³/mol. The third-order valence-corrected chi connectivity index (χ3v) is 5.69. The lowest BCUT2D eigenvalue weighted by Crippen LogP contribution is -2.60. The Balaban J connectivity index is 1.85. The van der Waals surface area contributed by atoms with Crippen LogP contribution in [-0.4, -0.2) is 58.8 Å². The summed E-state index contributed by atoms with van der Waals surface area (Å²) in [5.74, 6) is -0.266. The number of nitrogens with zero attached hydrogens (tertiary/aromatic N) is 3. The normalized spacial score (nSPS) is 19.7. The molecule has 3 heterocycles. The number of rotatable bonds is 3. The van der Waals surface area contributed by atoms with Gasteiger partial charge in [-0.15, -0.1) is 0 Å². The molecule has 2 aromatic rings. The van der Waals surface area contributed by atoms with Gasteiger partial charge in [-0.1, -0.05) is 24.3 Å². The molecule has 1 unspecified atom stereocenters. The van der Waals surface area contributed by atoms with E-state index < -0.39 is 6.04 Å². The Kier molecular flexibility index (Phi) is 4.74. The molecule has 1 aromatic carbocycles. The van der Waals surface area contributed by atoms with Crippen LogP contribution in [0.15, 0.2) is 48.2 Å². The molecule has 150 valence electrons. The number of likely N-dealkylation sites (N-methyl/N-ethyl adjacent to an activating group) is 1. The molecule has 1 saturated heterocycles. The second kappa shape index (κ2) is 7.24. The van der Waals surface area contributed by atoms with Crippen molar-refractivity contribution in [3.05, 3.63) is 59.4 Å². The standard InChI is InChI=1S/C22H24N4O3/c1-14(7-6-10-23-2)21(28)26-17-9-5-4-8-15(17)16-11-18-22(29)24(3)13-20(27)25(18)12-19(16)26/h4-10,18,23H,11-13H2,1-3H3/b10-6-,14-7+. The zero-order valence-corrected chi connectivity index (χ0v) is 16.8. The quantitative estimate of drug-likeness (QED) is 0.637. The van der Waals surface area contributed by atoms with Crippen molar-refractivity contribution in [3.63, 3.8) is 0 Å². The number of allylic oxidation sites excluding steroid dienone is 3. The van der Waals surface area contributed by atoms with Crippen molar-refractivity contribution in [1.29, 1.82) is 0 Å². The highest BCUT2D eigenvalue weighted by Crippen LogP contribution is 2.35. The third kappa shape index (κ3) is 3.03. The van der Waals surface area contributed by atoms with Crippen molar-refractivity contribution in [2.24, 2.45) is 0 Å². The van der Waals surface area contributed by atoms with Crippen LogP contribution in [0.3, 0.4) is 0 Å². The molecule has 0 aliphatic carbocycles. The number of carbonyl (C=O) groups excluding carboxylic acids is 3. The Morgan fingerprint density at radius 2 is 1.97 bits per heavy atom. The number of benzene rings is 1. The number of carbonyl (C=O) groups is 3. The van der Waals surface area contributed by atoms with Gasteiger partial charge in [-0.2, -0.15) is 0 Å². The Labute approximate surface area is 169 Å². The van der Waals surface area contributed by atoms with Crippen LogP contribution in [0.1, 0.15) is 23.0 Å². The van der Waals surface area contributed by atoms with Crippen LogP contribution in [0.2, 0.25) is 0 Å². The van der Waals surface area contributed by atoms with Crippen LogP contribution in [0, 0.1) is 0 Å². The van der Waals surface area contributed by atoms with Crippen molar-refractivity contribution >= 4 is 28.6 Å². The average molecular weight is 392 g/mol. The van der Waals surface area contributed by atoms with Gasteiger partial charge in [0.05, 0.1) is 18.6 Å². The molecular weight excluding hydrogens is 368 g/mol. The minimum atomic E-state index is -0.502. The molecule has 7 nitrogen and oxygen atoms in total. The Morgan fingerprint density at radius 3 is 2.72 bits per heavy atom. The van der Waals surface area contributed by atoms with Crippen molar-refractivity contribution in [3.8, 4) is 0 Å². The van der Waals surface area contributed by atoms with E-state index in [0.29, 0.717) is 12.0 Å². The predicted octanol–water partition coefficient (Wildman–Crippen LogP) is 1.69. The number of para-hydroxylation sites is 1. The van der Waals surface area contributed by atoms with Gasteiger partial charge in [-0.05, 0) is 30.8 Å². The molecule has 29 heavy (non-hydrogen) atoms. The van der Waals surface area contributed by atoms with E-state index >= 15 is 0 Å². The summed E-state index contributed by atoms with van der Waals surface area (Å²) in [5, 5.41) is 3.86. The number of nitrogens with one attached hydrogen (secondary N) is 1. The summed E-state index contributed by atoms with van der Waals surface area (Å²) in [6.45, 7) is 2.12. The summed E-state index contributed by atoms with van der Waals surface area (Å²) in [4.78, 5) is 41.7. The number of fused-ring (bicyclic) bond motifs is 4. The lowest BCUT2D eigenvalue weighted by atomic mass is 9.94. The molecule has 7 heteroatoms. The number of piperazine rings is 1. The van der Waals surface area contributed by atoms with E-state index in [1.807, 2.05) is 24.3 Å². The average Bonchev–Trinajstić information content (AvgIpc) is 3.04. The number of amides is 2. The number of hydrogen-bond acceptors (Lipinski definition) is 4. The fourth-order valence-corrected chi connectivity index (χ4v) is 4.21. The van der Waals surface area contributed by atoms with E-state index in [2.05, 4.69) is 5.32 Å². The smallest absolute Gasteiger partial charge is 0.258 e. The molecule has 0 radical (unpaired) electrons. The van der Waals surface area contributed by atoms with Gasteiger partial charge in [-0.3, -0.25) is 19.0 Å². The molecule has 0 saturated carbocycles. The van der Waals surface area contributed by atoms with Crippen LogP contribution in [0.4, 0.5) is 0 Å². The van der Waals surface area contributed by atoms with Crippen molar-refractivity contribution in [1.82, 2.24) is 19.7 Å². The minimum absolute atomic E-state index is 0.0494. The minimum Gasteiger partial charge on any atom is -0.394 e. The van der Waals surface area contributed by atoms with E-state index in [0.717, 1.165) is 22.2 Å².